The Bertz CT molecular complexity index is 833. The summed E-state index contributed by atoms with van der Waals surface area (Å²) >= 11 is 12.0. The van der Waals surface area contributed by atoms with Gasteiger partial charge in [-0.2, -0.15) is 0 Å². The summed E-state index contributed by atoms with van der Waals surface area (Å²) in [5, 5.41) is 4.65. The summed E-state index contributed by atoms with van der Waals surface area (Å²) in [6.07, 6.45) is 0.882. The quantitative estimate of drug-likeness (QED) is 0.578. The van der Waals surface area contributed by atoms with E-state index in [0.29, 0.717) is 23.1 Å². The third-order valence-corrected chi connectivity index (χ3v) is 5.15. The van der Waals surface area contributed by atoms with Gasteiger partial charge in [0, 0.05) is 19.1 Å². The normalized spacial score (nSPS) is 12.1. The number of hydrogen-bond donors (Lipinski definition) is 2. The average molecular weight is 385 g/mol. The summed E-state index contributed by atoms with van der Waals surface area (Å²) in [5.74, 6) is 0. The van der Waals surface area contributed by atoms with Crippen molar-refractivity contribution in [1.29, 1.82) is 0 Å². The van der Waals surface area contributed by atoms with Crippen LogP contribution in [0.15, 0.2) is 72.8 Å². The first kappa shape index (κ1) is 18.9. The van der Waals surface area contributed by atoms with E-state index in [0.717, 1.165) is 12.0 Å². The van der Waals surface area contributed by atoms with Gasteiger partial charge in [-0.25, -0.2) is 0 Å². The Labute approximate surface area is 165 Å². The lowest BCUT2D eigenvalue weighted by Gasteiger charge is -2.17. The van der Waals surface area contributed by atoms with Gasteiger partial charge in [0.05, 0.1) is 10.0 Å². The Morgan fingerprint density at radius 3 is 2.08 bits per heavy atom. The van der Waals surface area contributed by atoms with Crippen molar-refractivity contribution in [1.82, 2.24) is 5.32 Å². The molecule has 0 amide bonds. The molecule has 0 heterocycles. The lowest BCUT2D eigenvalue weighted by Crippen LogP contribution is -2.37. The van der Waals surface area contributed by atoms with E-state index >= 15 is 0 Å². The number of nitrogens with two attached hydrogens (primary N) is 1. The molecule has 3 rings (SSSR count). The Morgan fingerprint density at radius 1 is 0.769 bits per heavy atom. The minimum absolute atomic E-state index is 0.201. The molecule has 2 nitrogen and oxygen atoms in total. The highest BCUT2D eigenvalue weighted by Gasteiger charge is 2.08. The molecule has 0 aliphatic heterocycles. The fourth-order valence-electron chi connectivity index (χ4n) is 2.90. The van der Waals surface area contributed by atoms with Crippen molar-refractivity contribution in [3.8, 4) is 11.1 Å². The van der Waals surface area contributed by atoms with E-state index in [1.807, 2.05) is 24.3 Å². The van der Waals surface area contributed by atoms with E-state index in [-0.39, 0.29) is 6.04 Å². The van der Waals surface area contributed by atoms with Gasteiger partial charge in [0.2, 0.25) is 0 Å². The number of rotatable bonds is 7. The molecule has 0 saturated carbocycles. The zero-order chi connectivity index (χ0) is 18.4. The Kier molecular flexibility index (Phi) is 6.70. The molecule has 134 valence electrons. The van der Waals surface area contributed by atoms with E-state index in [9.17, 15) is 0 Å². The fourth-order valence-corrected chi connectivity index (χ4v) is 3.22. The van der Waals surface area contributed by atoms with Crippen molar-refractivity contribution in [2.45, 2.75) is 19.0 Å². The van der Waals surface area contributed by atoms with Crippen LogP contribution in [0.25, 0.3) is 11.1 Å². The zero-order valence-electron chi connectivity index (χ0n) is 14.5. The maximum absolute atomic E-state index is 6.07. The molecular weight excluding hydrogens is 363 g/mol. The molecule has 4 heteroatoms. The summed E-state index contributed by atoms with van der Waals surface area (Å²) in [7, 11) is 0. The van der Waals surface area contributed by atoms with E-state index in [4.69, 9.17) is 28.9 Å². The Balaban J connectivity index is 1.60. The van der Waals surface area contributed by atoms with Crippen LogP contribution in [0.2, 0.25) is 10.0 Å². The van der Waals surface area contributed by atoms with E-state index in [1.165, 1.54) is 16.7 Å². The van der Waals surface area contributed by atoms with Crippen molar-refractivity contribution in [3.05, 3.63) is 94.0 Å². The SMILES string of the molecule is NCC(Cc1ccc(-c2ccccc2)cc1)NCc1ccc(Cl)c(Cl)c1. The van der Waals surface area contributed by atoms with Crippen LogP contribution in [0.1, 0.15) is 11.1 Å². The molecule has 1 unspecified atom stereocenters. The second-order valence-electron chi connectivity index (χ2n) is 6.33. The van der Waals surface area contributed by atoms with Crippen LogP contribution >= 0.6 is 23.2 Å². The van der Waals surface area contributed by atoms with Gasteiger partial charge in [0.25, 0.3) is 0 Å². The number of benzene rings is 3. The lowest BCUT2D eigenvalue weighted by atomic mass is 10.0. The molecule has 0 aromatic heterocycles. The number of hydrogen-bond acceptors (Lipinski definition) is 2. The van der Waals surface area contributed by atoms with Gasteiger partial charge >= 0.3 is 0 Å². The lowest BCUT2D eigenvalue weighted by molar-refractivity contribution is 0.515. The smallest absolute Gasteiger partial charge is 0.0595 e. The van der Waals surface area contributed by atoms with Gasteiger partial charge in [0.15, 0.2) is 0 Å². The number of nitrogens with one attached hydrogen (secondary N) is 1. The largest absolute Gasteiger partial charge is 0.329 e. The summed E-state index contributed by atoms with van der Waals surface area (Å²) in [6, 6.07) is 24.9. The van der Waals surface area contributed by atoms with Crippen LogP contribution in [-0.4, -0.2) is 12.6 Å². The summed E-state index contributed by atoms with van der Waals surface area (Å²) in [6.45, 7) is 1.28. The van der Waals surface area contributed by atoms with Crippen LogP contribution < -0.4 is 11.1 Å². The van der Waals surface area contributed by atoms with Gasteiger partial charge in [-0.1, -0.05) is 83.9 Å². The molecule has 3 aromatic carbocycles. The maximum atomic E-state index is 6.07. The number of halogens is 2. The second-order valence-corrected chi connectivity index (χ2v) is 7.14. The van der Waals surface area contributed by atoms with Crippen molar-refractivity contribution < 1.29 is 0 Å². The summed E-state index contributed by atoms with van der Waals surface area (Å²) in [4.78, 5) is 0. The minimum Gasteiger partial charge on any atom is -0.329 e. The Morgan fingerprint density at radius 2 is 1.42 bits per heavy atom. The highest BCUT2D eigenvalue weighted by molar-refractivity contribution is 6.42. The van der Waals surface area contributed by atoms with Crippen LogP contribution in [0, 0.1) is 0 Å². The first-order chi connectivity index (χ1) is 12.7. The predicted octanol–water partition coefficient (Wildman–Crippen LogP) is 5.32. The minimum atomic E-state index is 0.201. The third kappa shape index (κ3) is 5.09. The van der Waals surface area contributed by atoms with Crippen LogP contribution in [0.3, 0.4) is 0 Å². The molecule has 0 aliphatic carbocycles. The molecule has 0 saturated heterocycles. The predicted molar refractivity (Wildman–Crippen MR) is 112 cm³/mol. The van der Waals surface area contributed by atoms with E-state index in [2.05, 4.69) is 53.8 Å². The molecule has 0 aliphatic rings. The first-order valence-corrected chi connectivity index (χ1v) is 9.43. The molecule has 0 spiro atoms. The molecule has 0 radical (unpaired) electrons. The zero-order valence-corrected chi connectivity index (χ0v) is 16.0. The second kappa shape index (κ2) is 9.20. The highest BCUT2D eigenvalue weighted by atomic mass is 35.5. The maximum Gasteiger partial charge on any atom is 0.0595 e. The highest BCUT2D eigenvalue weighted by Crippen LogP contribution is 2.23. The monoisotopic (exact) mass is 384 g/mol. The Hall–Kier alpha value is -1.84. The molecule has 0 fully saturated rings. The van der Waals surface area contributed by atoms with Gasteiger partial charge in [-0.05, 0) is 40.8 Å². The van der Waals surface area contributed by atoms with Crippen LogP contribution in [0.5, 0.6) is 0 Å². The first-order valence-electron chi connectivity index (χ1n) is 8.67. The molecule has 3 N–H and O–H groups in total. The van der Waals surface area contributed by atoms with Crippen molar-refractivity contribution in [3.63, 3.8) is 0 Å². The van der Waals surface area contributed by atoms with Gasteiger partial charge < -0.3 is 11.1 Å². The van der Waals surface area contributed by atoms with Crippen molar-refractivity contribution >= 4 is 23.2 Å². The molecular formula is C22H22Cl2N2. The van der Waals surface area contributed by atoms with Crippen molar-refractivity contribution in [2.24, 2.45) is 5.73 Å². The molecule has 26 heavy (non-hydrogen) atoms. The van der Waals surface area contributed by atoms with Crippen molar-refractivity contribution in [2.75, 3.05) is 6.54 Å². The summed E-state index contributed by atoms with van der Waals surface area (Å²) < 4.78 is 0. The van der Waals surface area contributed by atoms with E-state index < -0.39 is 0 Å². The average Bonchev–Trinajstić information content (AvgIpc) is 2.69. The molecule has 3 aromatic rings. The van der Waals surface area contributed by atoms with Gasteiger partial charge in [-0.15, -0.1) is 0 Å². The van der Waals surface area contributed by atoms with Gasteiger partial charge in [0.1, 0.15) is 0 Å². The van der Waals surface area contributed by atoms with Crippen LogP contribution in [-0.2, 0) is 13.0 Å². The molecule has 0 bridgehead atoms. The van der Waals surface area contributed by atoms with Gasteiger partial charge in [-0.3, -0.25) is 0 Å². The summed E-state index contributed by atoms with van der Waals surface area (Å²) in [5.41, 5.74) is 10.8. The fraction of sp³-hybridized carbons (Fsp3) is 0.182. The third-order valence-electron chi connectivity index (χ3n) is 4.41. The standard InChI is InChI=1S/C22H22Cl2N2/c23-21-11-8-17(13-22(21)24)15-26-20(14-25)12-16-6-9-19(10-7-16)18-4-2-1-3-5-18/h1-11,13,20,26H,12,14-15,25H2. The molecule has 1 atom stereocenters. The van der Waals surface area contributed by atoms with Crippen LogP contribution in [0.4, 0.5) is 0 Å². The van der Waals surface area contributed by atoms with E-state index in [1.54, 1.807) is 0 Å². The topological polar surface area (TPSA) is 38.0 Å².